The van der Waals surface area contributed by atoms with E-state index in [0.29, 0.717) is 18.0 Å². The maximum absolute atomic E-state index is 5.52. The van der Waals surface area contributed by atoms with E-state index >= 15 is 0 Å². The second kappa shape index (κ2) is 11.1. The molecule has 1 aliphatic rings. The van der Waals surface area contributed by atoms with Gasteiger partial charge in [-0.1, -0.05) is 0 Å². The summed E-state index contributed by atoms with van der Waals surface area (Å²) < 4.78 is 16.5. The van der Waals surface area contributed by atoms with Crippen molar-refractivity contribution in [2.75, 3.05) is 46.7 Å². The van der Waals surface area contributed by atoms with Crippen LogP contribution in [-0.4, -0.2) is 62.3 Å². The molecule has 1 aliphatic heterocycles. The predicted molar refractivity (Wildman–Crippen MR) is 124 cm³/mol. The molecule has 0 unspecified atom stereocenters. The van der Waals surface area contributed by atoms with Crippen LogP contribution in [0.5, 0.6) is 17.2 Å². The molecule has 2 rings (SSSR count). The van der Waals surface area contributed by atoms with Crippen molar-refractivity contribution in [3.8, 4) is 17.2 Å². The van der Waals surface area contributed by atoms with Crippen LogP contribution in [-0.2, 0) is 6.54 Å². The zero-order valence-electron chi connectivity index (χ0n) is 17.1. The van der Waals surface area contributed by atoms with Crippen LogP contribution in [0.25, 0.3) is 0 Å². The maximum atomic E-state index is 5.52. The summed E-state index contributed by atoms with van der Waals surface area (Å²) in [5.74, 6) is 4.13. The topological polar surface area (TPSA) is 55.3 Å². The van der Waals surface area contributed by atoms with Gasteiger partial charge >= 0.3 is 0 Å². The molecule has 1 saturated heterocycles. The Labute approximate surface area is 184 Å². The van der Waals surface area contributed by atoms with E-state index in [-0.39, 0.29) is 28.7 Å². The summed E-state index contributed by atoms with van der Waals surface area (Å²) in [5.41, 5.74) is 0.964. The molecular formula is C19H32IN3O3S. The Morgan fingerprint density at radius 3 is 2.33 bits per heavy atom. The van der Waals surface area contributed by atoms with Crippen LogP contribution >= 0.6 is 35.7 Å². The average molecular weight is 509 g/mol. The Morgan fingerprint density at radius 2 is 1.78 bits per heavy atom. The van der Waals surface area contributed by atoms with Crippen molar-refractivity contribution in [2.45, 2.75) is 32.1 Å². The van der Waals surface area contributed by atoms with E-state index in [2.05, 4.69) is 31.0 Å². The molecule has 0 aliphatic carbocycles. The number of nitrogens with zero attached hydrogens (tertiary/aromatic N) is 2. The van der Waals surface area contributed by atoms with E-state index in [1.54, 1.807) is 21.3 Å². The largest absolute Gasteiger partial charge is 0.496 e. The van der Waals surface area contributed by atoms with Crippen LogP contribution in [0.1, 0.15) is 26.3 Å². The molecule has 8 heteroatoms. The van der Waals surface area contributed by atoms with Gasteiger partial charge in [0.1, 0.15) is 5.75 Å². The highest BCUT2D eigenvalue weighted by Gasteiger charge is 2.28. The molecule has 6 nitrogen and oxygen atoms in total. The Kier molecular flexibility index (Phi) is 9.86. The quantitative estimate of drug-likeness (QED) is 0.359. The summed E-state index contributed by atoms with van der Waals surface area (Å²) in [5, 5.41) is 3.42. The number of thioether (sulfide) groups is 1. The number of halogens is 1. The number of hydrogen-bond acceptors (Lipinski definition) is 5. The fraction of sp³-hybridized carbons (Fsp3) is 0.632. The third-order valence-corrected chi connectivity index (χ3v) is 5.54. The van der Waals surface area contributed by atoms with Gasteiger partial charge in [-0.15, -0.1) is 24.0 Å². The van der Waals surface area contributed by atoms with Crippen molar-refractivity contribution in [1.82, 2.24) is 10.2 Å². The first-order valence-electron chi connectivity index (χ1n) is 8.90. The van der Waals surface area contributed by atoms with Gasteiger partial charge in [-0.2, -0.15) is 11.8 Å². The lowest BCUT2D eigenvalue weighted by Gasteiger charge is -2.39. The molecule has 0 aromatic heterocycles. The zero-order valence-corrected chi connectivity index (χ0v) is 20.3. The number of aliphatic imine (C=N–C) groups is 1. The van der Waals surface area contributed by atoms with Crippen LogP contribution in [0, 0.1) is 0 Å². The predicted octanol–water partition coefficient (Wildman–Crippen LogP) is 3.62. The fourth-order valence-corrected chi connectivity index (χ4v) is 4.11. The smallest absolute Gasteiger partial charge is 0.194 e. The van der Waals surface area contributed by atoms with Crippen molar-refractivity contribution in [1.29, 1.82) is 0 Å². The Balaban J connectivity index is 0.00000364. The van der Waals surface area contributed by atoms with Crippen LogP contribution < -0.4 is 19.5 Å². The maximum Gasteiger partial charge on any atom is 0.194 e. The third kappa shape index (κ3) is 6.51. The molecule has 1 fully saturated rings. The van der Waals surface area contributed by atoms with Gasteiger partial charge in [-0.25, -0.2) is 4.99 Å². The summed E-state index contributed by atoms with van der Waals surface area (Å²) in [6.45, 7) is 9.99. The summed E-state index contributed by atoms with van der Waals surface area (Å²) in [6, 6.07) is 3.78. The Hall–Kier alpha value is -1.03. The minimum atomic E-state index is 0. The lowest BCUT2D eigenvalue weighted by molar-refractivity contribution is 0.347. The highest BCUT2D eigenvalue weighted by atomic mass is 127. The van der Waals surface area contributed by atoms with Crippen molar-refractivity contribution < 1.29 is 14.2 Å². The molecule has 27 heavy (non-hydrogen) atoms. The van der Waals surface area contributed by atoms with E-state index in [0.717, 1.165) is 42.7 Å². The molecular weight excluding hydrogens is 477 g/mol. The van der Waals surface area contributed by atoms with Gasteiger partial charge in [0.2, 0.25) is 0 Å². The lowest BCUT2D eigenvalue weighted by Crippen LogP contribution is -2.50. The fourth-order valence-electron chi connectivity index (χ4n) is 3.00. The molecule has 0 bridgehead atoms. The number of benzene rings is 1. The SMILES string of the molecule is CCNC(=NCc1cc(OC)c(OC)cc1OC)N1CCSC(C)(C)C1.I. The van der Waals surface area contributed by atoms with Gasteiger partial charge in [0.15, 0.2) is 17.5 Å². The standard InChI is InChI=1S/C19H31N3O3S.HI/c1-7-20-18(22-8-9-26-19(2,3)13-22)21-12-14-10-16(24-5)17(25-6)11-15(14)23-4;/h10-11H,7-9,12-13H2,1-6H3,(H,20,21);1H. The molecule has 1 heterocycles. The van der Waals surface area contributed by atoms with Gasteiger partial charge in [0.05, 0.1) is 27.9 Å². The van der Waals surface area contributed by atoms with Crippen LogP contribution in [0.3, 0.4) is 0 Å². The summed E-state index contributed by atoms with van der Waals surface area (Å²) in [6.07, 6.45) is 0. The van der Waals surface area contributed by atoms with Crippen LogP contribution in [0.4, 0.5) is 0 Å². The van der Waals surface area contributed by atoms with Gasteiger partial charge in [-0.05, 0) is 26.8 Å². The molecule has 154 valence electrons. The molecule has 0 radical (unpaired) electrons. The third-order valence-electron chi connectivity index (χ3n) is 4.25. The van der Waals surface area contributed by atoms with E-state index in [4.69, 9.17) is 19.2 Å². The van der Waals surface area contributed by atoms with Gasteiger partial charge in [0.25, 0.3) is 0 Å². The first kappa shape index (κ1) is 24.0. The molecule has 1 N–H and O–H groups in total. The monoisotopic (exact) mass is 509 g/mol. The number of methoxy groups -OCH3 is 3. The summed E-state index contributed by atoms with van der Waals surface area (Å²) >= 11 is 2.01. The van der Waals surface area contributed by atoms with Crippen LogP contribution in [0.2, 0.25) is 0 Å². The molecule has 0 amide bonds. The first-order valence-corrected chi connectivity index (χ1v) is 9.88. The van der Waals surface area contributed by atoms with E-state index < -0.39 is 0 Å². The molecule has 1 aromatic rings. The van der Waals surface area contributed by atoms with Crippen molar-refractivity contribution >= 4 is 41.7 Å². The zero-order chi connectivity index (χ0) is 19.2. The van der Waals surface area contributed by atoms with Crippen molar-refractivity contribution in [3.05, 3.63) is 17.7 Å². The second-order valence-electron chi connectivity index (χ2n) is 6.72. The minimum absolute atomic E-state index is 0. The van der Waals surface area contributed by atoms with Gasteiger partial charge in [-0.3, -0.25) is 0 Å². The lowest BCUT2D eigenvalue weighted by atomic mass is 10.1. The van der Waals surface area contributed by atoms with Gasteiger partial charge < -0.3 is 24.4 Å². The highest BCUT2D eigenvalue weighted by molar-refractivity contribution is 14.0. The minimum Gasteiger partial charge on any atom is -0.496 e. The second-order valence-corrected chi connectivity index (χ2v) is 8.52. The molecule has 0 atom stereocenters. The highest BCUT2D eigenvalue weighted by Crippen LogP contribution is 2.35. The van der Waals surface area contributed by atoms with Crippen molar-refractivity contribution in [3.63, 3.8) is 0 Å². The number of hydrogen-bond donors (Lipinski definition) is 1. The average Bonchev–Trinajstić information content (AvgIpc) is 2.63. The molecule has 0 spiro atoms. The van der Waals surface area contributed by atoms with Gasteiger partial charge in [0, 0.05) is 41.8 Å². The van der Waals surface area contributed by atoms with E-state index in [1.807, 2.05) is 23.9 Å². The number of guanidine groups is 1. The van der Waals surface area contributed by atoms with E-state index in [9.17, 15) is 0 Å². The Bertz CT molecular complexity index is 641. The Morgan fingerprint density at radius 1 is 1.15 bits per heavy atom. The number of rotatable bonds is 6. The summed E-state index contributed by atoms with van der Waals surface area (Å²) in [7, 11) is 4.91. The number of nitrogens with one attached hydrogen (secondary N) is 1. The normalized spacial score (nSPS) is 16.4. The van der Waals surface area contributed by atoms with E-state index in [1.165, 1.54) is 0 Å². The summed E-state index contributed by atoms with van der Waals surface area (Å²) in [4.78, 5) is 7.20. The van der Waals surface area contributed by atoms with Crippen LogP contribution in [0.15, 0.2) is 17.1 Å². The molecule has 1 aromatic carbocycles. The van der Waals surface area contributed by atoms with Crippen molar-refractivity contribution in [2.24, 2.45) is 4.99 Å². The first-order chi connectivity index (χ1) is 12.4. The number of ether oxygens (including phenoxy) is 3. The molecule has 0 saturated carbocycles.